The zero-order chi connectivity index (χ0) is 5.11. The fourth-order valence-electron chi connectivity index (χ4n) is 0.470. The first-order valence-electron chi connectivity index (χ1n) is 2.32. The van der Waals surface area contributed by atoms with E-state index in [1.807, 2.05) is 24.3 Å². The van der Waals surface area contributed by atoms with Gasteiger partial charge in [-0.2, -0.15) is 0 Å². The van der Waals surface area contributed by atoms with Gasteiger partial charge in [-0.1, -0.05) is 29.7 Å². The fourth-order valence-corrected chi connectivity index (χ4v) is 0.470. The molecule has 0 heterocycles. The van der Waals surface area contributed by atoms with Crippen molar-refractivity contribution in [2.75, 3.05) is 0 Å². The Morgan fingerprint density at radius 1 is 1.25 bits per heavy atom. The molecule has 1 aromatic carbocycles. The molecule has 0 spiro atoms. The van der Waals surface area contributed by atoms with Crippen molar-refractivity contribution in [2.45, 2.75) is 0 Å². The molecule has 0 saturated heterocycles. The van der Waals surface area contributed by atoms with Crippen LogP contribution in [0, 0.1) is 6.07 Å². The molecule has 0 N–H and O–H groups in total. The second kappa shape index (κ2) is 3.83. The molecule has 0 saturated carbocycles. The summed E-state index contributed by atoms with van der Waals surface area (Å²) < 4.78 is 0. The molecule has 0 aliphatic rings. The summed E-state index contributed by atoms with van der Waals surface area (Å²) in [6, 6.07) is 10.8. The summed E-state index contributed by atoms with van der Waals surface area (Å²) in [6.45, 7) is 0. The monoisotopic (exact) mass is 97.1 g/mol. The molecule has 0 aliphatic carbocycles. The van der Waals surface area contributed by atoms with Gasteiger partial charge in [0.1, 0.15) is 7.85 Å². The first-order valence-corrected chi connectivity index (χ1v) is 2.32. The van der Waals surface area contributed by atoms with Crippen LogP contribution in [0.4, 0.5) is 0 Å². The molecule has 0 fully saturated rings. The molecular formula is C6H7BLi. The van der Waals surface area contributed by atoms with Gasteiger partial charge in [0, 0.05) is 0 Å². The van der Waals surface area contributed by atoms with E-state index in [0.717, 1.165) is 0 Å². The summed E-state index contributed by atoms with van der Waals surface area (Å²) in [5.74, 6) is 0. The Morgan fingerprint density at radius 2 is 1.75 bits per heavy atom. The summed E-state index contributed by atoms with van der Waals surface area (Å²) in [4.78, 5) is 0. The van der Waals surface area contributed by atoms with Crippen LogP contribution in [0.25, 0.3) is 0 Å². The van der Waals surface area contributed by atoms with Crippen molar-refractivity contribution in [3.8, 4) is 0 Å². The maximum absolute atomic E-state index is 2.93. The predicted octanol–water partition coefficient (Wildman–Crippen LogP) is -0.903. The Hall–Kier alpha value is -0.118. The van der Waals surface area contributed by atoms with Crippen molar-refractivity contribution in [1.29, 1.82) is 0 Å². The van der Waals surface area contributed by atoms with Crippen molar-refractivity contribution in [1.82, 2.24) is 0 Å². The standard InChI is InChI=1S/C6H6B.Li.H/c7-6-4-2-1-3-5-6;;/h2-5H,7H2;;. The first kappa shape index (κ1) is 7.88. The van der Waals surface area contributed by atoms with E-state index in [4.69, 9.17) is 0 Å². The SMILES string of the molecule is Bc1cc[c]cc1.[LiH]. The molecule has 0 atom stereocenters. The normalized spacial score (nSPS) is 7.50. The van der Waals surface area contributed by atoms with Crippen LogP contribution in [0.2, 0.25) is 0 Å². The Kier molecular flexibility index (Phi) is 3.78. The van der Waals surface area contributed by atoms with Gasteiger partial charge < -0.3 is 0 Å². The van der Waals surface area contributed by atoms with Crippen LogP contribution in [0.3, 0.4) is 0 Å². The maximum atomic E-state index is 2.93. The van der Waals surface area contributed by atoms with Crippen LogP contribution < -0.4 is 5.46 Å². The molecule has 0 bridgehead atoms. The van der Waals surface area contributed by atoms with Gasteiger partial charge in [0.25, 0.3) is 0 Å². The van der Waals surface area contributed by atoms with Crippen LogP contribution in [-0.2, 0) is 0 Å². The van der Waals surface area contributed by atoms with E-state index >= 15 is 0 Å². The average molecular weight is 96.9 g/mol. The Labute approximate surface area is 62.9 Å². The molecule has 1 rings (SSSR count). The molecule has 1 radical (unpaired) electrons. The van der Waals surface area contributed by atoms with Gasteiger partial charge in [-0.15, -0.1) is 0 Å². The zero-order valence-electron chi connectivity index (χ0n) is 4.31. The molecule has 1 aromatic rings. The van der Waals surface area contributed by atoms with Crippen molar-refractivity contribution in [2.24, 2.45) is 0 Å². The molecule has 2 heteroatoms. The second-order valence-corrected chi connectivity index (χ2v) is 1.58. The van der Waals surface area contributed by atoms with Gasteiger partial charge in [-0.3, -0.25) is 0 Å². The third-order valence-corrected chi connectivity index (χ3v) is 0.885. The van der Waals surface area contributed by atoms with Gasteiger partial charge in [0.15, 0.2) is 0 Å². The van der Waals surface area contributed by atoms with E-state index < -0.39 is 0 Å². The quantitative estimate of drug-likeness (QED) is 0.368. The van der Waals surface area contributed by atoms with Crippen LogP contribution in [0.15, 0.2) is 24.3 Å². The summed E-state index contributed by atoms with van der Waals surface area (Å²) in [7, 11) is 2.06. The Bertz CT molecular complexity index is 138. The van der Waals surface area contributed by atoms with Crippen LogP contribution in [-0.4, -0.2) is 26.7 Å². The van der Waals surface area contributed by atoms with Gasteiger partial charge in [-0.05, 0) is 6.07 Å². The number of hydrogen-bond donors (Lipinski definition) is 0. The molecule has 35 valence electrons. The minimum absolute atomic E-state index is 0. The summed E-state index contributed by atoms with van der Waals surface area (Å²) in [5.41, 5.74) is 1.29. The topological polar surface area (TPSA) is 0 Å². The molecule has 0 amide bonds. The molecule has 0 aliphatic heterocycles. The van der Waals surface area contributed by atoms with Crippen LogP contribution >= 0.6 is 0 Å². The van der Waals surface area contributed by atoms with E-state index in [2.05, 4.69) is 13.9 Å². The average Bonchev–Trinajstić information content (AvgIpc) is 1.69. The number of rotatable bonds is 0. The molecule has 0 unspecified atom stereocenters. The summed E-state index contributed by atoms with van der Waals surface area (Å²) in [6.07, 6.45) is 0. The molecular weight excluding hydrogens is 89.8 g/mol. The number of hydrogen-bond acceptors (Lipinski definition) is 0. The van der Waals surface area contributed by atoms with E-state index in [1.54, 1.807) is 0 Å². The van der Waals surface area contributed by atoms with Gasteiger partial charge >= 0.3 is 18.9 Å². The van der Waals surface area contributed by atoms with E-state index in [-0.39, 0.29) is 18.9 Å². The van der Waals surface area contributed by atoms with E-state index in [0.29, 0.717) is 0 Å². The fraction of sp³-hybridized carbons (Fsp3) is 0. The summed E-state index contributed by atoms with van der Waals surface area (Å²) in [5, 5.41) is 0. The third-order valence-electron chi connectivity index (χ3n) is 0.885. The second-order valence-electron chi connectivity index (χ2n) is 1.58. The molecule has 0 aromatic heterocycles. The Balaban J connectivity index is 0.000000490. The van der Waals surface area contributed by atoms with Crippen molar-refractivity contribution in [3.05, 3.63) is 30.3 Å². The minimum atomic E-state index is 0. The molecule has 0 nitrogen and oxygen atoms in total. The first-order chi connectivity index (χ1) is 3.39. The van der Waals surface area contributed by atoms with Crippen molar-refractivity contribution >= 4 is 32.2 Å². The van der Waals surface area contributed by atoms with E-state index in [1.165, 1.54) is 5.46 Å². The molecule has 8 heavy (non-hydrogen) atoms. The van der Waals surface area contributed by atoms with Crippen molar-refractivity contribution in [3.63, 3.8) is 0 Å². The Morgan fingerprint density at radius 3 is 2.00 bits per heavy atom. The number of benzene rings is 1. The van der Waals surface area contributed by atoms with Gasteiger partial charge in [0.05, 0.1) is 0 Å². The van der Waals surface area contributed by atoms with Crippen LogP contribution in [0.5, 0.6) is 0 Å². The van der Waals surface area contributed by atoms with Crippen molar-refractivity contribution < 1.29 is 0 Å². The summed E-state index contributed by atoms with van der Waals surface area (Å²) >= 11 is 0. The van der Waals surface area contributed by atoms with Gasteiger partial charge in [0.2, 0.25) is 0 Å². The zero-order valence-corrected chi connectivity index (χ0v) is 4.31. The predicted molar refractivity (Wildman–Crippen MR) is 40.6 cm³/mol. The van der Waals surface area contributed by atoms with Gasteiger partial charge in [-0.25, -0.2) is 0 Å². The third kappa shape index (κ3) is 2.26. The van der Waals surface area contributed by atoms with E-state index in [9.17, 15) is 0 Å². The van der Waals surface area contributed by atoms with Crippen LogP contribution in [0.1, 0.15) is 0 Å².